The van der Waals surface area contributed by atoms with Crippen LogP contribution in [-0.4, -0.2) is 16.8 Å². The van der Waals surface area contributed by atoms with E-state index in [0.29, 0.717) is 16.8 Å². The van der Waals surface area contributed by atoms with Gasteiger partial charge >= 0.3 is 0 Å². The summed E-state index contributed by atoms with van der Waals surface area (Å²) in [4.78, 5) is 27.5. The monoisotopic (exact) mass is 428 g/mol. The van der Waals surface area contributed by atoms with Crippen molar-refractivity contribution in [2.45, 2.75) is 19.9 Å². The number of ketones is 1. The molecular formula is C25H20N2O3S. The third-order valence-electron chi connectivity index (χ3n) is 5.37. The maximum Gasteiger partial charge on any atom is 0.294 e. The molecular weight excluding hydrogens is 408 g/mol. The van der Waals surface area contributed by atoms with E-state index in [4.69, 9.17) is 0 Å². The zero-order valence-corrected chi connectivity index (χ0v) is 17.9. The first-order valence-electron chi connectivity index (χ1n) is 9.86. The number of anilines is 1. The molecule has 1 aromatic heterocycles. The summed E-state index contributed by atoms with van der Waals surface area (Å²) in [5.74, 6) is -1.94. The van der Waals surface area contributed by atoms with Gasteiger partial charge in [0.2, 0.25) is 0 Å². The van der Waals surface area contributed by atoms with Crippen molar-refractivity contribution in [2.75, 3.05) is 4.90 Å². The average Bonchev–Trinajstić information content (AvgIpc) is 3.41. The van der Waals surface area contributed by atoms with Gasteiger partial charge in [0.05, 0.1) is 23.2 Å². The largest absolute Gasteiger partial charge is 0.503 e. The van der Waals surface area contributed by atoms with Crippen LogP contribution in [0.4, 0.5) is 5.69 Å². The lowest BCUT2D eigenvalue weighted by Gasteiger charge is -2.28. The van der Waals surface area contributed by atoms with Crippen molar-refractivity contribution in [3.63, 3.8) is 0 Å². The number of hydrogen-bond donors (Lipinski definition) is 1. The van der Waals surface area contributed by atoms with Gasteiger partial charge in [0.25, 0.3) is 5.91 Å². The maximum absolute atomic E-state index is 13.1. The van der Waals surface area contributed by atoms with Crippen LogP contribution in [0.15, 0.2) is 76.7 Å². The van der Waals surface area contributed by atoms with Gasteiger partial charge in [-0.15, -0.1) is 0 Å². The van der Waals surface area contributed by atoms with Crippen LogP contribution in [0.2, 0.25) is 0 Å². The van der Waals surface area contributed by atoms with E-state index in [-0.39, 0.29) is 11.4 Å². The molecule has 2 heterocycles. The molecule has 4 rings (SSSR count). The zero-order valence-electron chi connectivity index (χ0n) is 17.1. The van der Waals surface area contributed by atoms with E-state index in [9.17, 15) is 20.0 Å². The number of aliphatic hydroxyl groups excluding tert-OH is 1. The number of thiophene rings is 1. The smallest absolute Gasteiger partial charge is 0.294 e. The summed E-state index contributed by atoms with van der Waals surface area (Å²) in [6, 6.07) is 17.5. The number of nitriles is 1. The Morgan fingerprint density at radius 1 is 1.10 bits per heavy atom. The second kappa shape index (κ2) is 8.21. The van der Waals surface area contributed by atoms with Crippen molar-refractivity contribution in [3.05, 3.63) is 87.8 Å². The van der Waals surface area contributed by atoms with Crippen LogP contribution in [0.1, 0.15) is 31.0 Å². The van der Waals surface area contributed by atoms with Crippen LogP contribution < -0.4 is 4.90 Å². The summed E-state index contributed by atoms with van der Waals surface area (Å²) in [6.45, 7) is 3.44. The highest BCUT2D eigenvalue weighted by molar-refractivity contribution is 7.08. The first kappa shape index (κ1) is 20.6. The fraction of sp³-hybridized carbons (Fsp3) is 0.160. The number of rotatable bonds is 5. The number of benzene rings is 2. The van der Waals surface area contributed by atoms with Crippen LogP contribution in [0.25, 0.3) is 11.1 Å². The number of carbonyl (C=O) groups excluding carboxylic acids is 2. The Hall–Kier alpha value is -3.69. The fourth-order valence-corrected chi connectivity index (χ4v) is 4.47. The molecule has 0 spiro atoms. The van der Waals surface area contributed by atoms with Gasteiger partial charge in [0.15, 0.2) is 11.5 Å². The summed E-state index contributed by atoms with van der Waals surface area (Å²) < 4.78 is 0. The van der Waals surface area contributed by atoms with E-state index in [1.54, 1.807) is 61.6 Å². The second-order valence-corrected chi connectivity index (χ2v) is 8.40. The molecule has 5 nitrogen and oxygen atoms in total. The number of hydrogen-bond acceptors (Lipinski definition) is 5. The molecule has 0 saturated heterocycles. The number of carbonyl (C=O) groups is 2. The molecule has 2 aromatic carbocycles. The number of Topliss-reactive ketones (excluding diaryl/α,β-unsaturated/α-hetero) is 1. The quantitative estimate of drug-likeness (QED) is 0.589. The number of nitrogens with zero attached hydrogens (tertiary/aromatic N) is 2. The molecule has 0 aliphatic carbocycles. The van der Waals surface area contributed by atoms with E-state index in [1.165, 1.54) is 4.90 Å². The summed E-state index contributed by atoms with van der Waals surface area (Å²) in [5, 5.41) is 24.4. The Balaban J connectivity index is 1.85. The molecule has 1 aliphatic heterocycles. The Morgan fingerprint density at radius 3 is 2.42 bits per heavy atom. The van der Waals surface area contributed by atoms with Gasteiger partial charge in [-0.2, -0.15) is 16.6 Å². The van der Waals surface area contributed by atoms with E-state index < -0.39 is 23.6 Å². The van der Waals surface area contributed by atoms with Crippen molar-refractivity contribution in [1.82, 2.24) is 0 Å². The lowest BCUT2D eigenvalue weighted by molar-refractivity contribution is -0.119. The van der Waals surface area contributed by atoms with Crippen molar-refractivity contribution >= 4 is 28.7 Å². The molecule has 0 bridgehead atoms. The van der Waals surface area contributed by atoms with Crippen LogP contribution in [0.3, 0.4) is 0 Å². The van der Waals surface area contributed by atoms with Crippen LogP contribution in [0.5, 0.6) is 0 Å². The SMILES string of the molecule is CC(C)C(=O)C1=C(O)C(=O)N(c2ccc(-c3ccsc3)cc2)C1c1ccccc1C#N. The van der Waals surface area contributed by atoms with E-state index >= 15 is 0 Å². The highest BCUT2D eigenvalue weighted by Gasteiger charge is 2.45. The molecule has 1 amide bonds. The zero-order chi connectivity index (χ0) is 22.1. The van der Waals surface area contributed by atoms with E-state index in [2.05, 4.69) is 6.07 Å². The summed E-state index contributed by atoms with van der Waals surface area (Å²) in [6.07, 6.45) is 0. The third kappa shape index (κ3) is 3.54. The minimum Gasteiger partial charge on any atom is -0.503 e. The predicted molar refractivity (Wildman–Crippen MR) is 121 cm³/mol. The lowest BCUT2D eigenvalue weighted by atomic mass is 9.89. The summed E-state index contributed by atoms with van der Waals surface area (Å²) in [5.41, 5.74) is 3.51. The Morgan fingerprint density at radius 2 is 1.81 bits per heavy atom. The first-order valence-corrected chi connectivity index (χ1v) is 10.8. The second-order valence-electron chi connectivity index (χ2n) is 7.62. The Kier molecular flexibility index (Phi) is 5.45. The first-order chi connectivity index (χ1) is 14.9. The van der Waals surface area contributed by atoms with E-state index in [0.717, 1.165) is 11.1 Å². The fourth-order valence-electron chi connectivity index (χ4n) is 3.81. The van der Waals surface area contributed by atoms with Crippen molar-refractivity contribution in [2.24, 2.45) is 5.92 Å². The molecule has 6 heteroatoms. The molecule has 1 atom stereocenters. The minimum atomic E-state index is -0.870. The van der Waals surface area contributed by atoms with Crippen LogP contribution >= 0.6 is 11.3 Å². The van der Waals surface area contributed by atoms with Gasteiger partial charge in [-0.1, -0.05) is 44.2 Å². The highest BCUT2D eigenvalue weighted by atomic mass is 32.1. The topological polar surface area (TPSA) is 81.4 Å². The van der Waals surface area contributed by atoms with Gasteiger partial charge < -0.3 is 5.11 Å². The molecule has 1 unspecified atom stereocenters. The van der Waals surface area contributed by atoms with Gasteiger partial charge in [0, 0.05) is 11.6 Å². The average molecular weight is 429 g/mol. The van der Waals surface area contributed by atoms with Gasteiger partial charge in [-0.3, -0.25) is 14.5 Å². The highest BCUT2D eigenvalue weighted by Crippen LogP contribution is 2.43. The third-order valence-corrected chi connectivity index (χ3v) is 6.06. The molecule has 154 valence electrons. The lowest BCUT2D eigenvalue weighted by Crippen LogP contribution is -2.31. The molecule has 0 fully saturated rings. The Bertz CT molecular complexity index is 1220. The molecule has 0 saturated carbocycles. The molecule has 31 heavy (non-hydrogen) atoms. The van der Waals surface area contributed by atoms with Crippen molar-refractivity contribution < 1.29 is 14.7 Å². The predicted octanol–water partition coefficient (Wildman–Crippen LogP) is 5.41. The minimum absolute atomic E-state index is 0.0320. The van der Waals surface area contributed by atoms with Crippen LogP contribution in [-0.2, 0) is 9.59 Å². The Labute approximate surface area is 184 Å². The molecule has 1 aliphatic rings. The normalized spacial score (nSPS) is 16.1. The van der Waals surface area contributed by atoms with Gasteiger partial charge in [0.1, 0.15) is 0 Å². The van der Waals surface area contributed by atoms with Crippen molar-refractivity contribution in [1.29, 1.82) is 5.26 Å². The molecule has 0 radical (unpaired) electrons. The van der Waals surface area contributed by atoms with Gasteiger partial charge in [-0.05, 0) is 51.7 Å². The number of aliphatic hydroxyl groups is 1. The van der Waals surface area contributed by atoms with Crippen LogP contribution in [0, 0.1) is 17.2 Å². The molecule has 1 N–H and O–H groups in total. The number of amides is 1. The van der Waals surface area contributed by atoms with Gasteiger partial charge in [-0.25, -0.2) is 0 Å². The molecule has 3 aromatic rings. The maximum atomic E-state index is 13.1. The summed E-state index contributed by atoms with van der Waals surface area (Å²) in [7, 11) is 0. The standard InChI is InChI=1S/C25H20N2O3S/c1-15(2)23(28)21-22(20-6-4-3-5-17(20)13-26)27(25(30)24(21)29)19-9-7-16(8-10-19)18-11-12-31-14-18/h3-12,14-15,22,29H,1-2H3. The van der Waals surface area contributed by atoms with Crippen molar-refractivity contribution in [3.8, 4) is 17.2 Å². The summed E-state index contributed by atoms with van der Waals surface area (Å²) >= 11 is 1.60. The van der Waals surface area contributed by atoms with E-state index in [1.807, 2.05) is 29.0 Å².